The Morgan fingerprint density at radius 1 is 1.50 bits per heavy atom. The van der Waals surface area contributed by atoms with E-state index in [-0.39, 0.29) is 18.2 Å². The molecule has 106 valence electrons. The zero-order valence-corrected chi connectivity index (χ0v) is 12.8. The van der Waals surface area contributed by atoms with Crippen LogP contribution in [0.1, 0.15) is 12.6 Å². The summed E-state index contributed by atoms with van der Waals surface area (Å²) in [6, 6.07) is 4.95. The van der Waals surface area contributed by atoms with Gasteiger partial charge in [0.25, 0.3) is 0 Å². The molecule has 0 aliphatic rings. The minimum Gasteiger partial charge on any atom is -0.466 e. The fourth-order valence-electron chi connectivity index (χ4n) is 1.74. The highest BCUT2D eigenvalue weighted by molar-refractivity contribution is 7.98. The second-order valence-electron chi connectivity index (χ2n) is 3.94. The van der Waals surface area contributed by atoms with Crippen LogP contribution in [-0.2, 0) is 16.0 Å². The lowest BCUT2D eigenvalue weighted by molar-refractivity contribution is -0.142. The first kappa shape index (κ1) is 15.0. The van der Waals surface area contributed by atoms with Gasteiger partial charge in [0.15, 0.2) is 0 Å². The Morgan fingerprint density at radius 3 is 3.00 bits per heavy atom. The summed E-state index contributed by atoms with van der Waals surface area (Å²) in [4.78, 5) is 16.6. The van der Waals surface area contributed by atoms with Crippen LogP contribution in [-0.4, -0.2) is 23.8 Å². The number of ether oxygens (including phenoxy) is 1. The summed E-state index contributed by atoms with van der Waals surface area (Å²) >= 11 is 2.80. The molecule has 1 aromatic carbocycles. The van der Waals surface area contributed by atoms with Gasteiger partial charge in [0.05, 0.1) is 24.3 Å². The molecule has 0 fully saturated rings. The molecule has 0 radical (unpaired) electrons. The first-order chi connectivity index (χ1) is 9.65. The first-order valence-electron chi connectivity index (χ1n) is 6.08. The fraction of sp³-hybridized carbons (Fsp3) is 0.286. The van der Waals surface area contributed by atoms with Crippen molar-refractivity contribution >= 4 is 29.1 Å². The summed E-state index contributed by atoms with van der Waals surface area (Å²) in [6.07, 6.45) is 2.01. The monoisotopic (exact) mass is 311 g/mol. The van der Waals surface area contributed by atoms with Crippen LogP contribution in [0.4, 0.5) is 4.39 Å². The van der Waals surface area contributed by atoms with Crippen molar-refractivity contribution in [1.82, 2.24) is 4.98 Å². The summed E-state index contributed by atoms with van der Waals surface area (Å²) in [5.74, 6) is -0.614. The molecule has 0 amide bonds. The largest absolute Gasteiger partial charge is 0.466 e. The molecule has 2 aromatic rings. The van der Waals surface area contributed by atoms with Gasteiger partial charge >= 0.3 is 5.97 Å². The zero-order valence-electron chi connectivity index (χ0n) is 11.2. The Bertz CT molecular complexity index is 613. The molecule has 0 atom stereocenters. The average molecular weight is 311 g/mol. The normalized spacial score (nSPS) is 10.6. The Kier molecular flexibility index (Phi) is 5.14. The van der Waals surface area contributed by atoms with Gasteiger partial charge in [-0.25, -0.2) is 9.37 Å². The summed E-state index contributed by atoms with van der Waals surface area (Å²) in [5, 5.41) is 2.36. The van der Waals surface area contributed by atoms with Gasteiger partial charge in [-0.1, -0.05) is 6.07 Å². The molecule has 0 aliphatic heterocycles. The van der Waals surface area contributed by atoms with E-state index < -0.39 is 0 Å². The molecule has 20 heavy (non-hydrogen) atoms. The molecule has 1 aromatic heterocycles. The van der Waals surface area contributed by atoms with Gasteiger partial charge < -0.3 is 4.74 Å². The zero-order chi connectivity index (χ0) is 14.5. The lowest BCUT2D eigenvalue weighted by atomic mass is 10.2. The molecule has 0 spiro atoms. The fourth-order valence-corrected chi connectivity index (χ4v) is 3.30. The third-order valence-electron chi connectivity index (χ3n) is 2.59. The number of thioether (sulfide) groups is 1. The van der Waals surface area contributed by atoms with E-state index in [1.807, 2.05) is 12.3 Å². The van der Waals surface area contributed by atoms with E-state index >= 15 is 0 Å². The van der Waals surface area contributed by atoms with E-state index in [0.29, 0.717) is 22.9 Å². The Balaban J connectivity index is 2.27. The lowest BCUT2D eigenvalue weighted by Gasteiger charge is -2.05. The SMILES string of the molecule is CCOC(=O)Cc1csc(-c2c(F)cccc2SC)n1. The Hall–Kier alpha value is -1.40. The maximum absolute atomic E-state index is 14.0. The predicted molar refractivity (Wildman–Crippen MR) is 79.6 cm³/mol. The number of carbonyl (C=O) groups excluding carboxylic acids is 1. The average Bonchev–Trinajstić information content (AvgIpc) is 2.86. The van der Waals surface area contributed by atoms with Gasteiger partial charge in [0, 0.05) is 10.3 Å². The lowest BCUT2D eigenvalue weighted by Crippen LogP contribution is -2.07. The van der Waals surface area contributed by atoms with Crippen LogP contribution in [0, 0.1) is 5.82 Å². The van der Waals surface area contributed by atoms with Gasteiger partial charge in [0.1, 0.15) is 10.8 Å². The van der Waals surface area contributed by atoms with E-state index in [0.717, 1.165) is 4.90 Å². The van der Waals surface area contributed by atoms with Crippen LogP contribution in [0.3, 0.4) is 0 Å². The molecule has 0 bridgehead atoms. The molecular formula is C14H14FNO2S2. The van der Waals surface area contributed by atoms with E-state index in [9.17, 15) is 9.18 Å². The van der Waals surface area contributed by atoms with Crippen molar-refractivity contribution in [2.75, 3.05) is 12.9 Å². The highest BCUT2D eigenvalue weighted by atomic mass is 32.2. The second kappa shape index (κ2) is 6.85. The molecule has 0 N–H and O–H groups in total. The molecule has 0 aliphatic carbocycles. The molecule has 3 nitrogen and oxygen atoms in total. The second-order valence-corrected chi connectivity index (χ2v) is 5.65. The summed E-state index contributed by atoms with van der Waals surface area (Å²) in [6.45, 7) is 2.11. The van der Waals surface area contributed by atoms with E-state index in [1.54, 1.807) is 18.4 Å². The number of benzene rings is 1. The third kappa shape index (κ3) is 3.37. The van der Waals surface area contributed by atoms with Crippen LogP contribution in [0.25, 0.3) is 10.6 Å². The molecule has 1 heterocycles. The van der Waals surface area contributed by atoms with Crippen LogP contribution < -0.4 is 0 Å². The van der Waals surface area contributed by atoms with Crippen molar-refractivity contribution < 1.29 is 13.9 Å². The van der Waals surface area contributed by atoms with Crippen LogP contribution in [0.2, 0.25) is 0 Å². The molecular weight excluding hydrogens is 297 g/mol. The van der Waals surface area contributed by atoms with Crippen molar-refractivity contribution in [2.45, 2.75) is 18.2 Å². The van der Waals surface area contributed by atoms with Crippen molar-refractivity contribution in [3.05, 3.63) is 35.1 Å². The molecule has 6 heteroatoms. The maximum Gasteiger partial charge on any atom is 0.311 e. The summed E-state index contributed by atoms with van der Waals surface area (Å²) in [5.41, 5.74) is 1.11. The van der Waals surface area contributed by atoms with Gasteiger partial charge in [0.2, 0.25) is 0 Å². The third-order valence-corrected chi connectivity index (χ3v) is 4.28. The number of hydrogen-bond donors (Lipinski definition) is 0. The summed E-state index contributed by atoms with van der Waals surface area (Å²) < 4.78 is 18.9. The minimum absolute atomic E-state index is 0.118. The molecule has 0 saturated heterocycles. The summed E-state index contributed by atoms with van der Waals surface area (Å²) in [7, 11) is 0. The van der Waals surface area contributed by atoms with Gasteiger partial charge in [-0.05, 0) is 25.3 Å². The van der Waals surface area contributed by atoms with Gasteiger partial charge in [-0.2, -0.15) is 0 Å². The molecule has 2 rings (SSSR count). The van der Waals surface area contributed by atoms with E-state index in [1.165, 1.54) is 29.2 Å². The number of halogens is 1. The quantitative estimate of drug-likeness (QED) is 0.622. The van der Waals surface area contributed by atoms with Crippen molar-refractivity contribution in [1.29, 1.82) is 0 Å². The van der Waals surface area contributed by atoms with Crippen molar-refractivity contribution in [3.8, 4) is 10.6 Å². The van der Waals surface area contributed by atoms with Gasteiger partial charge in [-0.3, -0.25) is 4.79 Å². The minimum atomic E-state index is -0.317. The predicted octanol–water partition coefficient (Wildman–Crippen LogP) is 3.78. The Morgan fingerprint density at radius 2 is 2.30 bits per heavy atom. The number of aromatic nitrogens is 1. The number of nitrogens with zero attached hydrogens (tertiary/aromatic N) is 1. The number of hydrogen-bond acceptors (Lipinski definition) is 5. The van der Waals surface area contributed by atoms with E-state index in [4.69, 9.17) is 4.74 Å². The number of rotatable bonds is 5. The highest BCUT2D eigenvalue weighted by Gasteiger charge is 2.15. The topological polar surface area (TPSA) is 39.2 Å². The van der Waals surface area contributed by atoms with Crippen molar-refractivity contribution in [2.24, 2.45) is 0 Å². The highest BCUT2D eigenvalue weighted by Crippen LogP contribution is 2.34. The molecule has 0 saturated carbocycles. The number of carbonyl (C=O) groups is 1. The Labute approximate surface area is 125 Å². The van der Waals surface area contributed by atoms with Crippen molar-refractivity contribution in [3.63, 3.8) is 0 Å². The maximum atomic E-state index is 14.0. The standard InChI is InChI=1S/C14H14FNO2S2/c1-3-18-12(17)7-9-8-20-14(16-9)13-10(15)5-4-6-11(13)19-2/h4-6,8H,3,7H2,1-2H3. The number of esters is 1. The molecule has 0 unspecified atom stereocenters. The van der Waals surface area contributed by atoms with Crippen LogP contribution in [0.5, 0.6) is 0 Å². The van der Waals surface area contributed by atoms with Gasteiger partial charge in [-0.15, -0.1) is 23.1 Å². The van der Waals surface area contributed by atoms with Crippen LogP contribution >= 0.6 is 23.1 Å². The van der Waals surface area contributed by atoms with Crippen LogP contribution in [0.15, 0.2) is 28.5 Å². The number of thiazole rings is 1. The first-order valence-corrected chi connectivity index (χ1v) is 8.19. The smallest absolute Gasteiger partial charge is 0.311 e. The van der Waals surface area contributed by atoms with E-state index in [2.05, 4.69) is 4.98 Å².